The molecule has 2 bridgehead atoms. The highest BCUT2D eigenvalue weighted by atomic mass is 16.5. The van der Waals surface area contributed by atoms with Crippen molar-refractivity contribution in [2.45, 2.75) is 58.2 Å². The number of ether oxygens (including phenoxy) is 3. The summed E-state index contributed by atoms with van der Waals surface area (Å²) in [6.07, 6.45) is 2.62. The van der Waals surface area contributed by atoms with Gasteiger partial charge in [0.2, 0.25) is 5.91 Å². The first-order valence-corrected chi connectivity index (χ1v) is 12.8. The molecule has 4 fully saturated rings. The second kappa shape index (κ2) is 7.54. The highest BCUT2D eigenvalue weighted by Gasteiger charge is 2.83. The van der Waals surface area contributed by atoms with Gasteiger partial charge in [0.15, 0.2) is 23.0 Å². The molecule has 2 N–H and O–H groups in total. The van der Waals surface area contributed by atoms with E-state index in [2.05, 4.69) is 18.7 Å². The minimum atomic E-state index is -0.369. The van der Waals surface area contributed by atoms with Crippen LogP contribution in [0.5, 0.6) is 23.0 Å². The molecule has 1 spiro atoms. The fourth-order valence-electron chi connectivity index (χ4n) is 8.97. The van der Waals surface area contributed by atoms with E-state index in [1.807, 2.05) is 24.3 Å². The Morgan fingerprint density at radius 2 is 1.61 bits per heavy atom. The summed E-state index contributed by atoms with van der Waals surface area (Å²) in [4.78, 5) is 15.7. The van der Waals surface area contributed by atoms with Gasteiger partial charge in [-0.15, -0.1) is 0 Å². The summed E-state index contributed by atoms with van der Waals surface area (Å²) in [7, 11) is 3.10. The van der Waals surface area contributed by atoms with E-state index in [9.17, 15) is 15.0 Å². The Bertz CT molecular complexity index is 1240. The average Bonchev–Trinajstić information content (AvgIpc) is 3.39. The monoisotopic (exact) mass is 493 g/mol. The summed E-state index contributed by atoms with van der Waals surface area (Å²) in [6, 6.07) is 10.8. The molecule has 6 rings (SSSR count). The minimum Gasteiger partial charge on any atom is -0.504 e. The van der Waals surface area contributed by atoms with Crippen molar-refractivity contribution in [3.63, 3.8) is 0 Å². The predicted molar refractivity (Wildman–Crippen MR) is 133 cm³/mol. The van der Waals surface area contributed by atoms with Crippen molar-refractivity contribution in [3.05, 3.63) is 47.5 Å². The maximum Gasteiger partial charge on any atom is 0.220 e. The van der Waals surface area contributed by atoms with E-state index < -0.39 is 0 Å². The van der Waals surface area contributed by atoms with Crippen LogP contribution in [-0.4, -0.2) is 47.9 Å². The predicted octanol–water partition coefficient (Wildman–Crippen LogP) is 4.97. The van der Waals surface area contributed by atoms with E-state index in [4.69, 9.17) is 14.2 Å². The van der Waals surface area contributed by atoms with Crippen LogP contribution in [0.4, 0.5) is 0 Å². The summed E-state index contributed by atoms with van der Waals surface area (Å²) in [5.41, 5.74) is 1.40. The van der Waals surface area contributed by atoms with E-state index in [1.54, 1.807) is 33.3 Å². The first kappa shape index (κ1) is 23.5. The van der Waals surface area contributed by atoms with Crippen molar-refractivity contribution in [2.24, 2.45) is 22.2 Å². The molecule has 6 atom stereocenters. The van der Waals surface area contributed by atoms with E-state index in [1.165, 1.54) is 0 Å². The van der Waals surface area contributed by atoms with Crippen LogP contribution >= 0.6 is 0 Å². The number of methoxy groups -OCH3 is 2. The van der Waals surface area contributed by atoms with Gasteiger partial charge in [0, 0.05) is 30.4 Å². The van der Waals surface area contributed by atoms with E-state index in [0.29, 0.717) is 24.0 Å². The largest absolute Gasteiger partial charge is 0.504 e. The van der Waals surface area contributed by atoms with Crippen LogP contribution in [-0.2, 0) is 9.53 Å². The van der Waals surface area contributed by atoms with Crippen molar-refractivity contribution in [2.75, 3.05) is 20.8 Å². The lowest BCUT2D eigenvalue weighted by atomic mass is 9.51. The summed E-state index contributed by atoms with van der Waals surface area (Å²) >= 11 is 0. The molecule has 7 nitrogen and oxygen atoms in total. The number of carbonyl (C=O) groups is 1. The van der Waals surface area contributed by atoms with Crippen LogP contribution in [0.2, 0.25) is 0 Å². The molecule has 2 aromatic carbocycles. The molecule has 2 aromatic rings. The van der Waals surface area contributed by atoms with E-state index in [-0.39, 0.29) is 51.8 Å². The Morgan fingerprint density at radius 3 is 2.22 bits per heavy atom. The maximum atomic E-state index is 13.5. The SMILES string of the molecule is COc1cc([C@@H]2OCC[C@@]34C[C@H]5C[C@@]23[C@@H](c2ccc(O)c(OC)c2)N(C(C)=O)[C@@H]4C5(C)C)ccc1O. The fourth-order valence-corrected chi connectivity index (χ4v) is 8.97. The van der Waals surface area contributed by atoms with Crippen LogP contribution in [0.1, 0.15) is 63.3 Å². The molecule has 2 heterocycles. The number of hydrogen-bond donors (Lipinski definition) is 2. The number of rotatable bonds is 4. The van der Waals surface area contributed by atoms with E-state index in [0.717, 1.165) is 30.4 Å². The van der Waals surface area contributed by atoms with Gasteiger partial charge < -0.3 is 29.3 Å². The van der Waals surface area contributed by atoms with Gasteiger partial charge in [0.25, 0.3) is 0 Å². The number of hydrogen-bond acceptors (Lipinski definition) is 6. The number of phenols is 2. The molecule has 36 heavy (non-hydrogen) atoms. The normalized spacial score (nSPS) is 35.5. The van der Waals surface area contributed by atoms with Crippen molar-refractivity contribution >= 4 is 5.91 Å². The number of nitrogens with zero attached hydrogens (tertiary/aromatic N) is 1. The Morgan fingerprint density at radius 1 is 1.00 bits per heavy atom. The third-order valence-corrected chi connectivity index (χ3v) is 10.1. The fraction of sp³-hybridized carbons (Fsp3) is 0.552. The molecule has 7 heteroatoms. The number of fused-ring (bicyclic) bond motifs is 1. The van der Waals surface area contributed by atoms with E-state index >= 15 is 0 Å². The van der Waals surface area contributed by atoms with Crippen molar-refractivity contribution < 1.29 is 29.2 Å². The second-order valence-corrected chi connectivity index (χ2v) is 11.7. The highest BCUT2D eigenvalue weighted by molar-refractivity contribution is 5.76. The number of aromatic hydroxyl groups is 2. The van der Waals surface area contributed by atoms with Gasteiger partial charge in [-0.3, -0.25) is 4.79 Å². The van der Waals surface area contributed by atoms with Crippen LogP contribution < -0.4 is 9.47 Å². The lowest BCUT2D eigenvalue weighted by molar-refractivity contribution is -0.164. The molecule has 0 aromatic heterocycles. The zero-order valence-corrected chi connectivity index (χ0v) is 21.6. The zero-order valence-electron chi connectivity index (χ0n) is 21.6. The van der Waals surface area contributed by atoms with Gasteiger partial charge in [-0.2, -0.15) is 0 Å². The van der Waals surface area contributed by atoms with Gasteiger partial charge in [-0.25, -0.2) is 0 Å². The van der Waals surface area contributed by atoms with Crippen LogP contribution in [0, 0.1) is 22.2 Å². The zero-order chi connectivity index (χ0) is 25.6. The molecule has 2 aliphatic carbocycles. The molecule has 1 amide bonds. The first-order valence-electron chi connectivity index (χ1n) is 12.8. The third kappa shape index (κ3) is 2.64. The molecule has 2 saturated heterocycles. The van der Waals surface area contributed by atoms with Crippen LogP contribution in [0.15, 0.2) is 36.4 Å². The molecule has 2 saturated carbocycles. The first-order chi connectivity index (χ1) is 17.1. The molecule has 0 unspecified atom stereocenters. The topological polar surface area (TPSA) is 88.5 Å². The molecule has 4 aliphatic rings. The Hall–Kier alpha value is -2.93. The van der Waals surface area contributed by atoms with Gasteiger partial charge in [0.05, 0.1) is 26.4 Å². The third-order valence-electron chi connectivity index (χ3n) is 10.1. The standard InChI is InChI=1S/C29H35NO6/c1-16(31)30-24(17-6-8-20(32)22(12-17)34-4)29-15-19-14-28(29,26(30)27(19,2)3)10-11-36-25(29)18-7-9-21(33)23(13-18)35-5/h6-9,12-13,19,24-26,32-33H,10-11,14-15H2,1-5H3/t19-,24+,25-,26+,28-,29+/m0/s1. The number of likely N-dealkylation sites (tertiary alicyclic amines) is 1. The van der Waals surface area contributed by atoms with Crippen molar-refractivity contribution in [1.29, 1.82) is 0 Å². The summed E-state index contributed by atoms with van der Waals surface area (Å²) in [5, 5.41) is 20.7. The van der Waals surface area contributed by atoms with Gasteiger partial charge in [-0.1, -0.05) is 26.0 Å². The Balaban J connectivity index is 1.63. The second-order valence-electron chi connectivity index (χ2n) is 11.7. The Labute approximate surface area is 212 Å². The number of phenolic OH excluding ortho intramolecular Hbond substituents is 2. The van der Waals surface area contributed by atoms with Crippen LogP contribution in [0.3, 0.4) is 0 Å². The molecular weight excluding hydrogens is 458 g/mol. The summed E-state index contributed by atoms with van der Waals surface area (Å²) < 4.78 is 17.6. The molecular formula is C29H35NO6. The minimum absolute atomic E-state index is 0.0283. The lowest BCUT2D eigenvalue weighted by Gasteiger charge is -2.55. The maximum absolute atomic E-state index is 13.5. The average molecular weight is 494 g/mol. The summed E-state index contributed by atoms with van der Waals surface area (Å²) in [5.74, 6) is 1.49. The summed E-state index contributed by atoms with van der Waals surface area (Å²) in [6.45, 7) is 6.94. The number of carbonyl (C=O) groups excluding carboxylic acids is 1. The highest BCUT2D eigenvalue weighted by Crippen LogP contribution is 2.85. The molecule has 0 radical (unpaired) electrons. The van der Waals surface area contributed by atoms with Gasteiger partial charge in [0.1, 0.15) is 0 Å². The molecule has 2 aliphatic heterocycles. The molecule has 192 valence electrons. The number of amides is 1. The van der Waals surface area contributed by atoms with Crippen LogP contribution in [0.25, 0.3) is 0 Å². The van der Waals surface area contributed by atoms with Crippen molar-refractivity contribution in [3.8, 4) is 23.0 Å². The quantitative estimate of drug-likeness (QED) is 0.625. The Kier molecular flexibility index (Phi) is 4.92. The lowest BCUT2D eigenvalue weighted by Crippen LogP contribution is -2.55. The van der Waals surface area contributed by atoms with Gasteiger partial charge in [-0.05, 0) is 66.0 Å². The van der Waals surface area contributed by atoms with Gasteiger partial charge >= 0.3 is 0 Å². The van der Waals surface area contributed by atoms with Crippen molar-refractivity contribution in [1.82, 2.24) is 4.90 Å². The number of benzene rings is 2. The smallest absolute Gasteiger partial charge is 0.220 e.